The Morgan fingerprint density at radius 1 is 1.07 bits per heavy atom. The van der Waals surface area contributed by atoms with Crippen LogP contribution in [0.3, 0.4) is 0 Å². The zero-order chi connectivity index (χ0) is 21.1. The molecule has 4 rings (SSSR count). The van der Waals surface area contributed by atoms with E-state index in [1.165, 1.54) is 18.3 Å². The third-order valence-electron chi connectivity index (χ3n) is 4.72. The van der Waals surface area contributed by atoms with E-state index in [-0.39, 0.29) is 11.8 Å². The number of aromatic nitrogens is 1. The number of nitrogens with one attached hydrogen (secondary N) is 1. The fraction of sp³-hybridized carbons (Fsp3) is 0.174. The van der Waals surface area contributed by atoms with Crippen molar-refractivity contribution in [1.82, 2.24) is 4.57 Å². The van der Waals surface area contributed by atoms with E-state index in [1.807, 2.05) is 59.2 Å². The van der Waals surface area contributed by atoms with Crippen LogP contribution >= 0.6 is 11.3 Å². The van der Waals surface area contributed by atoms with Gasteiger partial charge in [-0.1, -0.05) is 41.7 Å². The predicted octanol–water partition coefficient (Wildman–Crippen LogP) is 4.20. The fourth-order valence-corrected chi connectivity index (χ4v) is 4.41. The first kappa shape index (κ1) is 20.0. The van der Waals surface area contributed by atoms with Gasteiger partial charge in [-0.25, -0.2) is 0 Å². The first-order chi connectivity index (χ1) is 14.5. The number of hydrogen-bond donors (Lipinski definition) is 1. The lowest BCUT2D eigenvalue weighted by atomic mass is 10.1. The van der Waals surface area contributed by atoms with Gasteiger partial charge in [-0.2, -0.15) is 4.99 Å². The van der Waals surface area contributed by atoms with Gasteiger partial charge in [0.25, 0.3) is 5.91 Å². The first-order valence-corrected chi connectivity index (χ1v) is 10.3. The van der Waals surface area contributed by atoms with Crippen molar-refractivity contribution in [3.63, 3.8) is 0 Å². The molecule has 0 atom stereocenters. The minimum atomic E-state index is -0.291. The topological polar surface area (TPSA) is 72.7 Å². The van der Waals surface area contributed by atoms with E-state index in [0.29, 0.717) is 29.2 Å². The van der Waals surface area contributed by atoms with Crippen molar-refractivity contribution in [2.24, 2.45) is 4.99 Å². The Hall–Kier alpha value is -3.29. The van der Waals surface area contributed by atoms with Crippen molar-refractivity contribution >= 4 is 49.8 Å². The molecule has 0 unspecified atom stereocenters. The molecule has 6 nitrogen and oxygen atoms in total. The number of carbonyl (C=O) groups is 2. The molecular weight excluding hydrogens is 398 g/mol. The largest absolute Gasteiger partial charge is 0.383 e. The first-order valence-electron chi connectivity index (χ1n) is 9.53. The van der Waals surface area contributed by atoms with Crippen LogP contribution in [0.4, 0.5) is 5.69 Å². The van der Waals surface area contributed by atoms with Crippen LogP contribution in [0.5, 0.6) is 0 Å². The molecule has 2 amide bonds. The minimum absolute atomic E-state index is 0.130. The van der Waals surface area contributed by atoms with E-state index in [1.54, 1.807) is 13.2 Å². The van der Waals surface area contributed by atoms with Crippen LogP contribution in [-0.2, 0) is 16.1 Å². The standard InChI is InChI=1S/C23H21N3O3S/c1-15(27)24-19-9-10-20-21(14-19)30-23(26(20)11-12-29-2)25-22(28)18-8-7-16-5-3-4-6-17(16)13-18/h3-10,13-14H,11-12H2,1-2H3,(H,24,27). The van der Waals surface area contributed by atoms with Gasteiger partial charge in [-0.15, -0.1) is 0 Å². The molecule has 152 valence electrons. The van der Waals surface area contributed by atoms with Gasteiger partial charge in [0, 0.05) is 31.8 Å². The molecule has 0 bridgehead atoms. The summed E-state index contributed by atoms with van der Waals surface area (Å²) in [5.74, 6) is -0.421. The van der Waals surface area contributed by atoms with Crippen molar-refractivity contribution < 1.29 is 14.3 Å². The summed E-state index contributed by atoms with van der Waals surface area (Å²) in [5.41, 5.74) is 2.20. The van der Waals surface area contributed by atoms with E-state index in [2.05, 4.69) is 10.3 Å². The molecule has 0 aliphatic heterocycles. The maximum atomic E-state index is 12.9. The van der Waals surface area contributed by atoms with Gasteiger partial charge in [0.2, 0.25) is 5.91 Å². The summed E-state index contributed by atoms with van der Waals surface area (Å²) in [6.45, 7) is 2.54. The predicted molar refractivity (Wildman–Crippen MR) is 120 cm³/mol. The highest BCUT2D eigenvalue weighted by Gasteiger charge is 2.11. The SMILES string of the molecule is COCCn1c(=NC(=O)c2ccc3ccccc3c2)sc2cc(NC(C)=O)ccc21. The number of amides is 2. The van der Waals surface area contributed by atoms with Crippen LogP contribution in [0.15, 0.2) is 65.7 Å². The number of anilines is 1. The molecular formula is C23H21N3O3S. The van der Waals surface area contributed by atoms with Crippen molar-refractivity contribution in [2.75, 3.05) is 19.0 Å². The van der Waals surface area contributed by atoms with Gasteiger partial charge in [0.1, 0.15) is 0 Å². The summed E-state index contributed by atoms with van der Waals surface area (Å²) in [7, 11) is 1.64. The molecule has 4 aromatic rings. The van der Waals surface area contributed by atoms with Crippen molar-refractivity contribution in [3.8, 4) is 0 Å². The van der Waals surface area contributed by atoms with Crippen LogP contribution in [-0.4, -0.2) is 30.1 Å². The maximum Gasteiger partial charge on any atom is 0.279 e. The van der Waals surface area contributed by atoms with Gasteiger partial charge < -0.3 is 14.6 Å². The molecule has 0 radical (unpaired) electrons. The third kappa shape index (κ3) is 4.17. The molecule has 30 heavy (non-hydrogen) atoms. The molecule has 7 heteroatoms. The Morgan fingerprint density at radius 2 is 1.87 bits per heavy atom. The van der Waals surface area contributed by atoms with Crippen molar-refractivity contribution in [2.45, 2.75) is 13.5 Å². The molecule has 0 saturated carbocycles. The molecule has 0 aliphatic rings. The number of benzene rings is 3. The monoisotopic (exact) mass is 419 g/mol. The lowest BCUT2D eigenvalue weighted by molar-refractivity contribution is -0.114. The Morgan fingerprint density at radius 3 is 2.63 bits per heavy atom. The van der Waals surface area contributed by atoms with Gasteiger partial charge in [0.15, 0.2) is 4.80 Å². The average Bonchev–Trinajstić information content (AvgIpc) is 3.07. The maximum absolute atomic E-state index is 12.9. The summed E-state index contributed by atoms with van der Waals surface area (Å²) in [4.78, 5) is 29.3. The highest BCUT2D eigenvalue weighted by molar-refractivity contribution is 7.16. The summed E-state index contributed by atoms with van der Waals surface area (Å²) >= 11 is 1.41. The van der Waals surface area contributed by atoms with E-state index < -0.39 is 0 Å². The van der Waals surface area contributed by atoms with E-state index >= 15 is 0 Å². The highest BCUT2D eigenvalue weighted by atomic mass is 32.1. The van der Waals surface area contributed by atoms with E-state index in [4.69, 9.17) is 4.74 Å². The minimum Gasteiger partial charge on any atom is -0.383 e. The van der Waals surface area contributed by atoms with Gasteiger partial charge in [0.05, 0.1) is 16.8 Å². The van der Waals surface area contributed by atoms with Crippen molar-refractivity contribution in [1.29, 1.82) is 0 Å². The lowest BCUT2D eigenvalue weighted by Crippen LogP contribution is -2.19. The zero-order valence-corrected chi connectivity index (χ0v) is 17.5. The van der Waals surface area contributed by atoms with Crippen LogP contribution in [0, 0.1) is 0 Å². The molecule has 3 aromatic carbocycles. The molecule has 0 saturated heterocycles. The summed E-state index contributed by atoms with van der Waals surface area (Å²) in [6, 6.07) is 19.2. The van der Waals surface area contributed by atoms with Crippen LogP contribution < -0.4 is 10.1 Å². The number of fused-ring (bicyclic) bond motifs is 2. The Kier molecular flexibility index (Phi) is 5.74. The average molecular weight is 420 g/mol. The lowest BCUT2D eigenvalue weighted by Gasteiger charge is -2.06. The number of carbonyl (C=O) groups excluding carboxylic acids is 2. The Labute approximate surface area is 177 Å². The Balaban J connectivity index is 1.78. The number of ether oxygens (including phenoxy) is 1. The van der Waals surface area contributed by atoms with Gasteiger partial charge in [-0.3, -0.25) is 9.59 Å². The molecule has 1 N–H and O–H groups in total. The second-order valence-corrected chi connectivity index (χ2v) is 7.88. The number of thiazole rings is 1. The van der Waals surface area contributed by atoms with E-state index in [0.717, 1.165) is 21.0 Å². The number of hydrogen-bond acceptors (Lipinski definition) is 4. The molecule has 1 heterocycles. The zero-order valence-electron chi connectivity index (χ0n) is 16.7. The number of nitrogens with zero attached hydrogens (tertiary/aromatic N) is 2. The molecule has 0 spiro atoms. The van der Waals surface area contributed by atoms with Crippen molar-refractivity contribution in [3.05, 3.63) is 71.0 Å². The summed E-state index contributed by atoms with van der Waals surface area (Å²) < 4.78 is 8.14. The highest BCUT2D eigenvalue weighted by Crippen LogP contribution is 2.22. The van der Waals surface area contributed by atoms with Crippen LogP contribution in [0.2, 0.25) is 0 Å². The van der Waals surface area contributed by atoms with Crippen LogP contribution in [0.25, 0.3) is 21.0 Å². The Bertz CT molecular complexity index is 1320. The third-order valence-corrected chi connectivity index (χ3v) is 5.76. The second-order valence-electron chi connectivity index (χ2n) is 6.87. The molecule has 1 aromatic heterocycles. The second kappa shape index (κ2) is 8.61. The number of rotatable bonds is 5. The van der Waals surface area contributed by atoms with Crippen LogP contribution in [0.1, 0.15) is 17.3 Å². The molecule has 0 fully saturated rings. The summed E-state index contributed by atoms with van der Waals surface area (Å²) in [5, 5.41) is 4.87. The smallest absolute Gasteiger partial charge is 0.279 e. The van der Waals surface area contributed by atoms with Gasteiger partial charge in [-0.05, 0) is 41.1 Å². The molecule has 0 aliphatic carbocycles. The fourth-order valence-electron chi connectivity index (χ4n) is 3.31. The van der Waals surface area contributed by atoms with Gasteiger partial charge >= 0.3 is 0 Å². The summed E-state index contributed by atoms with van der Waals surface area (Å²) in [6.07, 6.45) is 0. The van der Waals surface area contributed by atoms with E-state index in [9.17, 15) is 9.59 Å². The normalized spacial score (nSPS) is 11.9. The quantitative estimate of drug-likeness (QED) is 0.527. The number of methoxy groups -OCH3 is 1.